The smallest absolute Gasteiger partial charge is 0.317 e. The van der Waals surface area contributed by atoms with Gasteiger partial charge in [0.1, 0.15) is 12.7 Å². The normalized spacial score (nSPS) is 11.8. The minimum Gasteiger partial charge on any atom is -0.337 e. The molecule has 0 aliphatic carbocycles. The minimum atomic E-state index is -0.102. The van der Waals surface area contributed by atoms with Crippen LogP contribution < -0.4 is 5.32 Å². The van der Waals surface area contributed by atoms with Gasteiger partial charge in [0.15, 0.2) is 0 Å². The second kappa shape index (κ2) is 9.92. The number of rotatable bonds is 7. The highest BCUT2D eigenvalue weighted by Gasteiger charge is 2.20. The summed E-state index contributed by atoms with van der Waals surface area (Å²) in [6.07, 6.45) is 3.17. The SMILES string of the molecule is C[C@@H](c1ccc(-n2cncn2)cc1)N(C)C(=O)NCC(c1ccccc1)c1ccccc1. The van der Waals surface area contributed by atoms with Crippen molar-refractivity contribution in [1.29, 1.82) is 0 Å². The van der Waals surface area contributed by atoms with Crippen molar-refractivity contribution in [1.82, 2.24) is 25.0 Å². The van der Waals surface area contributed by atoms with Crippen LogP contribution in [0.5, 0.6) is 0 Å². The van der Waals surface area contributed by atoms with Crippen molar-refractivity contribution < 1.29 is 4.79 Å². The first-order valence-corrected chi connectivity index (χ1v) is 10.7. The quantitative estimate of drug-likeness (QED) is 0.463. The summed E-state index contributed by atoms with van der Waals surface area (Å²) in [6.45, 7) is 2.55. The van der Waals surface area contributed by atoms with E-state index < -0.39 is 0 Å². The van der Waals surface area contributed by atoms with Crippen LogP contribution in [0.3, 0.4) is 0 Å². The largest absolute Gasteiger partial charge is 0.337 e. The summed E-state index contributed by atoms with van der Waals surface area (Å²) in [4.78, 5) is 18.7. The topological polar surface area (TPSA) is 63.1 Å². The molecule has 4 aromatic rings. The van der Waals surface area contributed by atoms with Gasteiger partial charge >= 0.3 is 6.03 Å². The van der Waals surface area contributed by atoms with Gasteiger partial charge in [-0.25, -0.2) is 14.5 Å². The van der Waals surface area contributed by atoms with Crippen molar-refractivity contribution in [2.75, 3.05) is 13.6 Å². The summed E-state index contributed by atoms with van der Waals surface area (Å²) in [5.74, 6) is 0.0898. The number of nitrogens with one attached hydrogen (secondary N) is 1. The van der Waals surface area contributed by atoms with Crippen LogP contribution in [0.2, 0.25) is 0 Å². The van der Waals surface area contributed by atoms with E-state index in [1.807, 2.05) is 74.6 Å². The average Bonchev–Trinajstić information content (AvgIpc) is 3.40. The number of amides is 2. The van der Waals surface area contributed by atoms with Gasteiger partial charge in [0.05, 0.1) is 11.7 Å². The fraction of sp³-hybridized carbons (Fsp3) is 0.192. The van der Waals surface area contributed by atoms with Crippen molar-refractivity contribution in [2.24, 2.45) is 0 Å². The van der Waals surface area contributed by atoms with E-state index in [1.165, 1.54) is 17.5 Å². The van der Waals surface area contributed by atoms with Crippen LogP contribution in [0.25, 0.3) is 5.69 Å². The van der Waals surface area contributed by atoms with Crippen molar-refractivity contribution in [3.8, 4) is 5.69 Å². The summed E-state index contributed by atoms with van der Waals surface area (Å²) in [6, 6.07) is 28.4. The lowest BCUT2D eigenvalue weighted by atomic mass is 9.91. The molecule has 0 aliphatic heterocycles. The molecule has 0 fully saturated rings. The van der Waals surface area contributed by atoms with Crippen LogP contribution in [-0.4, -0.2) is 39.3 Å². The highest BCUT2D eigenvalue weighted by molar-refractivity contribution is 5.74. The molecule has 4 rings (SSSR count). The van der Waals surface area contributed by atoms with Crippen molar-refractivity contribution >= 4 is 6.03 Å². The summed E-state index contributed by atoms with van der Waals surface area (Å²) < 4.78 is 1.71. The monoisotopic (exact) mass is 425 g/mol. The fourth-order valence-corrected chi connectivity index (χ4v) is 3.76. The number of carbonyl (C=O) groups is 1. The van der Waals surface area contributed by atoms with E-state index in [9.17, 15) is 4.79 Å². The average molecular weight is 426 g/mol. The molecule has 0 radical (unpaired) electrons. The lowest BCUT2D eigenvalue weighted by Crippen LogP contribution is -2.40. The molecule has 32 heavy (non-hydrogen) atoms. The first-order chi connectivity index (χ1) is 15.6. The molecule has 1 atom stereocenters. The third kappa shape index (κ3) is 4.86. The Labute approximate surface area is 188 Å². The van der Waals surface area contributed by atoms with E-state index in [2.05, 4.69) is 39.7 Å². The van der Waals surface area contributed by atoms with Crippen molar-refractivity contribution in [2.45, 2.75) is 18.9 Å². The standard InChI is InChI=1S/C26H27N5O/c1-20(21-13-15-24(16-14-21)31-19-27-18-29-31)30(2)26(32)28-17-25(22-9-5-3-6-10-22)23-11-7-4-8-12-23/h3-16,18-20,25H,17H2,1-2H3,(H,28,32)/t20-/m0/s1. The molecule has 2 amide bonds. The Morgan fingerprint density at radius 2 is 1.50 bits per heavy atom. The van der Waals surface area contributed by atoms with E-state index in [-0.39, 0.29) is 18.0 Å². The van der Waals surface area contributed by atoms with E-state index >= 15 is 0 Å². The lowest BCUT2D eigenvalue weighted by Gasteiger charge is -2.27. The Morgan fingerprint density at radius 1 is 0.906 bits per heavy atom. The molecule has 0 saturated carbocycles. The minimum absolute atomic E-state index is 0.0771. The third-order valence-corrected chi connectivity index (χ3v) is 5.82. The van der Waals surface area contributed by atoms with E-state index in [0.717, 1.165) is 11.3 Å². The first-order valence-electron chi connectivity index (χ1n) is 10.7. The Balaban J connectivity index is 1.43. The van der Waals surface area contributed by atoms with Gasteiger partial charge in [0.25, 0.3) is 0 Å². The lowest BCUT2D eigenvalue weighted by molar-refractivity contribution is 0.194. The molecule has 0 bridgehead atoms. The molecule has 3 aromatic carbocycles. The maximum atomic E-state index is 13.0. The number of urea groups is 1. The molecule has 1 N–H and O–H groups in total. The predicted octanol–water partition coefficient (Wildman–Crippen LogP) is 4.80. The number of hydrogen-bond acceptors (Lipinski definition) is 3. The zero-order chi connectivity index (χ0) is 22.3. The molecule has 0 aliphatic rings. The molecule has 1 aromatic heterocycles. The van der Waals surface area contributed by atoms with E-state index in [0.29, 0.717) is 6.54 Å². The van der Waals surface area contributed by atoms with Gasteiger partial charge in [-0.15, -0.1) is 0 Å². The van der Waals surface area contributed by atoms with Gasteiger partial charge in [-0.2, -0.15) is 5.10 Å². The summed E-state index contributed by atoms with van der Waals surface area (Å²) in [5, 5.41) is 7.27. The fourth-order valence-electron chi connectivity index (χ4n) is 3.76. The predicted molar refractivity (Wildman–Crippen MR) is 126 cm³/mol. The number of nitrogens with zero attached hydrogens (tertiary/aromatic N) is 4. The van der Waals surface area contributed by atoms with Crippen LogP contribution in [0.15, 0.2) is 97.6 Å². The van der Waals surface area contributed by atoms with Gasteiger partial charge in [0, 0.05) is 19.5 Å². The zero-order valence-corrected chi connectivity index (χ0v) is 18.3. The van der Waals surface area contributed by atoms with Gasteiger partial charge in [-0.1, -0.05) is 72.8 Å². The first kappa shape index (κ1) is 21.3. The Kier molecular flexibility index (Phi) is 6.60. The molecular weight excluding hydrogens is 398 g/mol. The Bertz CT molecular complexity index is 1070. The summed E-state index contributed by atoms with van der Waals surface area (Å²) in [5.41, 5.74) is 4.34. The number of benzene rings is 3. The second-order valence-electron chi connectivity index (χ2n) is 7.78. The van der Waals surface area contributed by atoms with Crippen LogP contribution >= 0.6 is 0 Å². The molecular formula is C26H27N5O. The molecule has 0 unspecified atom stereocenters. The molecule has 0 spiro atoms. The third-order valence-electron chi connectivity index (χ3n) is 5.82. The molecule has 6 heteroatoms. The molecule has 6 nitrogen and oxygen atoms in total. The summed E-state index contributed by atoms with van der Waals surface area (Å²) in [7, 11) is 1.82. The van der Waals surface area contributed by atoms with Crippen LogP contribution in [-0.2, 0) is 0 Å². The van der Waals surface area contributed by atoms with Crippen molar-refractivity contribution in [3.63, 3.8) is 0 Å². The van der Waals surface area contributed by atoms with Gasteiger partial charge in [0.2, 0.25) is 0 Å². The summed E-state index contributed by atoms with van der Waals surface area (Å²) >= 11 is 0. The van der Waals surface area contributed by atoms with Gasteiger partial charge in [-0.05, 0) is 35.7 Å². The Morgan fingerprint density at radius 3 is 2.03 bits per heavy atom. The van der Waals surface area contributed by atoms with E-state index in [4.69, 9.17) is 0 Å². The van der Waals surface area contributed by atoms with Crippen LogP contribution in [0.4, 0.5) is 4.79 Å². The number of hydrogen-bond donors (Lipinski definition) is 1. The maximum Gasteiger partial charge on any atom is 0.317 e. The highest BCUT2D eigenvalue weighted by Crippen LogP contribution is 2.24. The molecule has 0 saturated heterocycles. The van der Waals surface area contributed by atoms with E-state index in [1.54, 1.807) is 15.9 Å². The highest BCUT2D eigenvalue weighted by atomic mass is 16.2. The molecule has 162 valence electrons. The maximum absolute atomic E-state index is 13.0. The van der Waals surface area contributed by atoms with Gasteiger partial charge in [-0.3, -0.25) is 0 Å². The molecule has 1 heterocycles. The van der Waals surface area contributed by atoms with Crippen LogP contribution in [0, 0.1) is 0 Å². The Hall–Kier alpha value is -3.93. The van der Waals surface area contributed by atoms with Crippen molar-refractivity contribution in [3.05, 3.63) is 114 Å². The number of aromatic nitrogens is 3. The second-order valence-corrected chi connectivity index (χ2v) is 7.78. The number of carbonyl (C=O) groups excluding carboxylic acids is 1. The van der Waals surface area contributed by atoms with Gasteiger partial charge < -0.3 is 10.2 Å². The zero-order valence-electron chi connectivity index (χ0n) is 18.3. The van der Waals surface area contributed by atoms with Crippen LogP contribution in [0.1, 0.15) is 35.6 Å².